The standard InChI is InChI=1S/C78H92FN7O23/c1-45-56(41-78(103)68(108-72(100)51-26-15-9-16-27-51)66-76(6,57(89)40-58-77(66,44-104-58)109-47(3)88)67(94)64(105-46(2)87)62(45)75(78,4)5)106-73(101)65(63(49-22-11-7-12-23-49)82-69(95)50-24-13-8-14-25-50)107-61(93)31-21-28-53-43-86(84-83-53)39-19-10-17-30-59(90)85(42-48-32-34-52(79)35-33-48)38-20-18-29-54(70(96)97)80-74(102)81-55(71(98)99)36-37-60(91)92/h7-9,11-16,22-27,32-35,43,54-58,63-66,68,89,103H,10,17-21,28-31,36-42,44H2,1-6H3,(H,82,95)(H,91,92)(H,96,97)(H,98,99)(H2,80,81,102)/t54-,55-,56-,57-,58+,63-,64+,65+,66-,68-,76+,77-,78+/m0/s1. The molecule has 3 fully saturated rings. The molecule has 2 heterocycles. The Morgan fingerprint density at radius 2 is 1.36 bits per heavy atom. The summed E-state index contributed by atoms with van der Waals surface area (Å²) in [5, 5.41) is 70.4. The number of urea groups is 1. The molecule has 4 aromatic carbocycles. The van der Waals surface area contributed by atoms with Gasteiger partial charge in [0.1, 0.15) is 47.9 Å². The molecule has 1 aliphatic heterocycles. The van der Waals surface area contributed by atoms with Crippen molar-refractivity contribution in [2.75, 3.05) is 13.2 Å². The number of carbonyl (C=O) groups is 12. The predicted molar refractivity (Wildman–Crippen MR) is 380 cm³/mol. The summed E-state index contributed by atoms with van der Waals surface area (Å²) in [4.78, 5) is 164. The zero-order valence-electron chi connectivity index (χ0n) is 61.3. The van der Waals surface area contributed by atoms with Gasteiger partial charge in [-0.25, -0.2) is 28.4 Å². The van der Waals surface area contributed by atoms with Crippen LogP contribution in [0.25, 0.3) is 0 Å². The smallest absolute Gasteiger partial charge is 0.350 e. The predicted octanol–water partition coefficient (Wildman–Crippen LogP) is 6.87. The maximum absolute atomic E-state index is 16.0. The number of aryl methyl sites for hydroxylation is 2. The Morgan fingerprint density at radius 3 is 1.96 bits per heavy atom. The number of rotatable bonds is 35. The average Bonchev–Trinajstić information content (AvgIpc) is 0.902. The number of hydrogen-bond acceptors (Lipinski definition) is 22. The summed E-state index contributed by atoms with van der Waals surface area (Å²) in [7, 11) is 0. The summed E-state index contributed by atoms with van der Waals surface area (Å²) in [5.41, 5.74) is -6.81. The van der Waals surface area contributed by atoms with Gasteiger partial charge < -0.3 is 74.8 Å². The van der Waals surface area contributed by atoms with Crippen LogP contribution in [0.5, 0.6) is 0 Å². The lowest BCUT2D eigenvalue weighted by molar-refractivity contribution is -0.346. The normalized spacial score (nSPS) is 23.5. The van der Waals surface area contributed by atoms with Gasteiger partial charge in [-0.2, -0.15) is 0 Å². The molecule has 109 heavy (non-hydrogen) atoms. The minimum Gasteiger partial charge on any atom is -0.481 e. The number of benzene rings is 4. The van der Waals surface area contributed by atoms with Gasteiger partial charge in [-0.05, 0) is 124 Å². The first-order valence-corrected chi connectivity index (χ1v) is 36.1. The number of esters is 5. The molecule has 4 aliphatic rings. The number of unbranched alkanes of at least 4 members (excludes halogenated alkanes) is 3. The van der Waals surface area contributed by atoms with Crippen LogP contribution in [0.3, 0.4) is 0 Å². The van der Waals surface area contributed by atoms with E-state index in [0.29, 0.717) is 43.5 Å². The summed E-state index contributed by atoms with van der Waals surface area (Å²) in [5.74, 6) is -13.2. The van der Waals surface area contributed by atoms with Crippen molar-refractivity contribution in [1.29, 1.82) is 0 Å². The van der Waals surface area contributed by atoms with Crippen molar-refractivity contribution in [3.63, 3.8) is 0 Å². The number of Topliss-reactive ketones (excluding diaryl/α,β-unsaturated/α-hetero) is 1. The molecule has 0 unspecified atom stereocenters. The van der Waals surface area contributed by atoms with Crippen LogP contribution in [-0.2, 0) is 91.1 Å². The van der Waals surface area contributed by atoms with Crippen molar-refractivity contribution in [1.82, 2.24) is 35.8 Å². The lowest BCUT2D eigenvalue weighted by Crippen LogP contribution is -2.82. The summed E-state index contributed by atoms with van der Waals surface area (Å²) < 4.78 is 52.8. The van der Waals surface area contributed by atoms with Gasteiger partial charge in [0.05, 0.1) is 35.3 Å². The fourth-order valence-electron chi connectivity index (χ4n) is 15.2. The molecule has 9 rings (SSSR count). The van der Waals surface area contributed by atoms with E-state index in [0.717, 1.165) is 13.8 Å². The van der Waals surface area contributed by atoms with E-state index >= 15 is 9.59 Å². The zero-order valence-corrected chi connectivity index (χ0v) is 61.3. The Morgan fingerprint density at radius 1 is 0.725 bits per heavy atom. The summed E-state index contributed by atoms with van der Waals surface area (Å²) >= 11 is 0. The van der Waals surface area contributed by atoms with E-state index < -0.39 is 173 Å². The molecule has 584 valence electrons. The number of fused-ring (bicyclic) bond motifs is 5. The number of halogens is 1. The number of nitrogens with one attached hydrogen (secondary N) is 3. The van der Waals surface area contributed by atoms with Crippen LogP contribution in [0.2, 0.25) is 0 Å². The van der Waals surface area contributed by atoms with Crippen LogP contribution in [0.1, 0.15) is 169 Å². The Kier molecular flexibility index (Phi) is 27.1. The molecule has 31 heteroatoms. The fourth-order valence-corrected chi connectivity index (χ4v) is 15.2. The van der Waals surface area contributed by atoms with E-state index in [9.17, 15) is 72.8 Å². The minimum absolute atomic E-state index is 0.00625. The molecule has 8 N–H and O–H groups in total. The lowest BCUT2D eigenvalue weighted by atomic mass is 9.44. The van der Waals surface area contributed by atoms with Gasteiger partial charge in [0, 0.05) is 82.8 Å². The van der Waals surface area contributed by atoms with Gasteiger partial charge in [-0.15, -0.1) is 5.10 Å². The molecule has 0 spiro atoms. The molecule has 1 aromatic heterocycles. The van der Waals surface area contributed by atoms with Gasteiger partial charge in [0.2, 0.25) is 12.0 Å². The average molecular weight is 1510 g/mol. The third-order valence-electron chi connectivity index (χ3n) is 21.1. The van der Waals surface area contributed by atoms with Crippen LogP contribution in [0.4, 0.5) is 9.18 Å². The Hall–Kier alpha value is -10.8. The van der Waals surface area contributed by atoms with Crippen molar-refractivity contribution >= 4 is 71.4 Å². The van der Waals surface area contributed by atoms with Crippen LogP contribution < -0.4 is 16.0 Å². The first-order chi connectivity index (χ1) is 51.8. The largest absolute Gasteiger partial charge is 0.481 e. The van der Waals surface area contributed by atoms with E-state index in [-0.39, 0.29) is 98.4 Å². The SMILES string of the molecule is CC(=O)O[C@H]1C(=O)[C@@]2(C)[C@H]([C@H](OC(=O)c3ccccc3)[C@]3(O)C[C@H](OC(=O)[C@H](OC(=O)CCCc4cn(CCCCCC(=O)N(CCCC[C@H](NC(=O)N[C@@H](CCC(=O)O)C(=O)O)C(=O)O)Cc5ccc(F)cc5)nn4)[C@@H](NC(=O)c4ccccc4)c4ccccc4)C(C)=C1C3(C)C)[C@]1(OC(C)=O)CO[C@@H]1C[C@@H]2O. The summed E-state index contributed by atoms with van der Waals surface area (Å²) in [6.07, 6.45) is -8.53. The molecule has 4 amide bonds. The topological polar surface area (TPSA) is 431 Å². The maximum Gasteiger partial charge on any atom is 0.350 e. The Balaban J connectivity index is 0.899. The van der Waals surface area contributed by atoms with Crippen molar-refractivity contribution in [2.24, 2.45) is 16.7 Å². The maximum atomic E-state index is 16.0. The van der Waals surface area contributed by atoms with Crippen molar-refractivity contribution in [2.45, 2.75) is 210 Å². The molecule has 5 aromatic rings. The van der Waals surface area contributed by atoms with Gasteiger partial charge >= 0.3 is 53.8 Å². The van der Waals surface area contributed by atoms with E-state index in [1.54, 1.807) is 82.5 Å². The van der Waals surface area contributed by atoms with E-state index in [1.807, 2.05) is 0 Å². The number of amides is 4. The number of ether oxygens (including phenoxy) is 6. The van der Waals surface area contributed by atoms with Crippen molar-refractivity contribution in [3.05, 3.63) is 166 Å². The quantitative estimate of drug-likeness (QED) is 0.00887. The van der Waals surface area contributed by atoms with Crippen molar-refractivity contribution in [3.8, 4) is 0 Å². The molecule has 0 radical (unpaired) electrons. The first-order valence-electron chi connectivity index (χ1n) is 36.1. The highest BCUT2D eigenvalue weighted by atomic mass is 19.1. The third-order valence-corrected chi connectivity index (χ3v) is 21.1. The van der Waals surface area contributed by atoms with Gasteiger partial charge in [-0.1, -0.05) is 104 Å². The molecule has 2 bridgehead atoms. The summed E-state index contributed by atoms with van der Waals surface area (Å²) in [6.45, 7) is 8.37. The highest BCUT2D eigenvalue weighted by molar-refractivity contribution is 5.97. The number of aromatic nitrogens is 3. The highest BCUT2D eigenvalue weighted by Crippen LogP contribution is 2.64. The molecule has 2 saturated carbocycles. The second-order valence-electron chi connectivity index (χ2n) is 28.7. The number of carboxylic acids is 3. The molecule has 1 saturated heterocycles. The summed E-state index contributed by atoms with van der Waals surface area (Å²) in [6, 6.07) is 23.8. The minimum atomic E-state index is -2.54. The van der Waals surface area contributed by atoms with E-state index in [1.165, 1.54) is 76.2 Å². The van der Waals surface area contributed by atoms with E-state index in [2.05, 4.69) is 26.3 Å². The fraction of sp³-hybridized carbons (Fsp3) is 0.487. The number of ketones is 1. The molecule has 13 atom stereocenters. The van der Waals surface area contributed by atoms with Crippen LogP contribution >= 0.6 is 0 Å². The Bertz CT molecular complexity index is 4180. The zero-order chi connectivity index (χ0) is 79.1. The van der Waals surface area contributed by atoms with Crippen LogP contribution in [0.15, 0.2) is 133 Å². The highest BCUT2D eigenvalue weighted by Gasteiger charge is 2.78. The Labute approximate surface area is 627 Å². The number of aliphatic hydroxyl groups is 2. The van der Waals surface area contributed by atoms with Crippen LogP contribution in [-0.4, -0.2) is 190 Å². The number of carboxylic acid groups (broad SMARTS) is 3. The second kappa shape index (κ2) is 35.9. The second-order valence-corrected chi connectivity index (χ2v) is 28.7. The van der Waals surface area contributed by atoms with E-state index in [4.69, 9.17) is 33.5 Å². The van der Waals surface area contributed by atoms with Crippen molar-refractivity contribution < 1.29 is 116 Å². The molecule has 30 nitrogen and oxygen atoms in total. The number of aliphatic hydroxyl groups excluding tert-OH is 1. The molecular weight excluding hydrogens is 1420 g/mol. The lowest BCUT2D eigenvalue weighted by Gasteiger charge is -2.67. The number of carbonyl (C=O) groups excluding carboxylic acids is 9. The van der Waals surface area contributed by atoms with Crippen LogP contribution in [0, 0.1) is 22.6 Å². The number of hydrogen-bond donors (Lipinski definition) is 8. The number of nitrogens with zero attached hydrogens (tertiary/aromatic N) is 4. The number of aliphatic carboxylic acids is 3. The van der Waals surface area contributed by atoms with Gasteiger partial charge in [-0.3, -0.25) is 38.2 Å². The molecule has 3 aliphatic carbocycles. The molecular formula is C78H92FN7O23. The third kappa shape index (κ3) is 19.4. The van der Waals surface area contributed by atoms with Gasteiger partial charge in [0.25, 0.3) is 5.91 Å². The van der Waals surface area contributed by atoms with Gasteiger partial charge in [0.15, 0.2) is 17.5 Å². The first kappa shape index (κ1) is 82.3. The monoisotopic (exact) mass is 1510 g/mol.